The zero-order chi connectivity index (χ0) is 10.7. The first-order valence-corrected chi connectivity index (χ1v) is 4.74. The Morgan fingerprint density at radius 1 is 1.40 bits per heavy atom. The van der Waals surface area contributed by atoms with Crippen molar-refractivity contribution >= 4 is 24.0 Å². The van der Waals surface area contributed by atoms with E-state index in [1.54, 1.807) is 6.08 Å². The van der Waals surface area contributed by atoms with Gasteiger partial charge in [-0.3, -0.25) is 0 Å². The maximum Gasteiger partial charge on any atom is 0.284 e. The van der Waals surface area contributed by atoms with Gasteiger partial charge in [0, 0.05) is 0 Å². The molecule has 0 bridgehead atoms. The molecule has 1 aromatic carbocycles. The number of nitrogens with zero attached hydrogens (tertiary/aromatic N) is 1. The summed E-state index contributed by atoms with van der Waals surface area (Å²) in [6.45, 7) is 0. The van der Waals surface area contributed by atoms with Crippen molar-refractivity contribution in [2.75, 3.05) is 0 Å². The van der Waals surface area contributed by atoms with Crippen molar-refractivity contribution in [3.8, 4) is 0 Å². The quantitative estimate of drug-likeness (QED) is 0.760. The third-order valence-electron chi connectivity index (χ3n) is 1.81. The Bertz CT molecular complexity index is 527. The molecule has 0 aliphatic rings. The maximum atomic E-state index is 5.78. The second kappa shape index (κ2) is 4.10. The number of rotatable bonds is 2. The van der Waals surface area contributed by atoms with Gasteiger partial charge in [-0.15, -0.1) is 5.10 Å². The van der Waals surface area contributed by atoms with Gasteiger partial charge >= 0.3 is 0 Å². The van der Waals surface area contributed by atoms with E-state index in [2.05, 4.69) is 10.2 Å². The van der Waals surface area contributed by atoms with Gasteiger partial charge in [0.25, 0.3) is 10.7 Å². The smallest absolute Gasteiger partial charge is 0.284 e. The van der Waals surface area contributed by atoms with Crippen molar-refractivity contribution < 1.29 is 4.42 Å². The predicted molar refractivity (Wildman–Crippen MR) is 60.2 cm³/mol. The molecule has 0 amide bonds. The molecule has 2 aromatic rings. The lowest BCUT2D eigenvalue weighted by molar-refractivity contribution is 0.522. The number of nitrogens with one attached hydrogen (secondary N) is 1. The number of aromatic amines is 1. The van der Waals surface area contributed by atoms with Crippen LogP contribution in [0.5, 0.6) is 0 Å². The van der Waals surface area contributed by atoms with Crippen molar-refractivity contribution in [3.05, 3.63) is 46.6 Å². The van der Waals surface area contributed by atoms with E-state index in [1.807, 2.05) is 30.3 Å². The summed E-state index contributed by atoms with van der Waals surface area (Å²) in [6.07, 6.45) is 1.77. The second-order valence-corrected chi connectivity index (χ2v) is 3.30. The monoisotopic (exact) mass is 219 g/mol. The van der Waals surface area contributed by atoms with Gasteiger partial charge in [0.15, 0.2) is 0 Å². The lowest BCUT2D eigenvalue weighted by Gasteiger charge is -1.94. The van der Waals surface area contributed by atoms with Gasteiger partial charge in [0.05, 0.1) is 5.70 Å². The summed E-state index contributed by atoms with van der Waals surface area (Å²) >= 11 is 4.75. The van der Waals surface area contributed by atoms with Crippen LogP contribution in [0.2, 0.25) is 0 Å². The van der Waals surface area contributed by atoms with E-state index >= 15 is 0 Å². The van der Waals surface area contributed by atoms with Crippen molar-refractivity contribution in [1.29, 1.82) is 0 Å². The normalized spacial score (nSPS) is 11.6. The van der Waals surface area contributed by atoms with Gasteiger partial charge in [0.1, 0.15) is 0 Å². The third-order valence-corrected chi connectivity index (χ3v) is 1.98. The Kier molecular flexibility index (Phi) is 2.64. The molecule has 0 aliphatic carbocycles. The van der Waals surface area contributed by atoms with Crippen molar-refractivity contribution in [1.82, 2.24) is 10.2 Å². The van der Waals surface area contributed by atoms with Crippen LogP contribution in [0.4, 0.5) is 0 Å². The molecule has 0 saturated heterocycles. The summed E-state index contributed by atoms with van der Waals surface area (Å²) in [6, 6.07) is 9.68. The molecule has 0 unspecified atom stereocenters. The highest BCUT2D eigenvalue weighted by atomic mass is 32.1. The minimum absolute atomic E-state index is 0.217. The Morgan fingerprint density at radius 3 is 2.73 bits per heavy atom. The van der Waals surface area contributed by atoms with E-state index in [0.29, 0.717) is 11.6 Å². The summed E-state index contributed by atoms with van der Waals surface area (Å²) < 4.78 is 5.07. The van der Waals surface area contributed by atoms with Crippen LogP contribution in [0.15, 0.2) is 34.7 Å². The molecular formula is C10H9N3OS. The highest BCUT2D eigenvalue weighted by Crippen LogP contribution is 2.10. The summed E-state index contributed by atoms with van der Waals surface area (Å²) in [5, 5.41) is 6.34. The van der Waals surface area contributed by atoms with Gasteiger partial charge in [-0.1, -0.05) is 30.3 Å². The molecule has 3 N–H and O–H groups in total. The predicted octanol–water partition coefficient (Wildman–Crippen LogP) is 2.19. The fourth-order valence-corrected chi connectivity index (χ4v) is 1.27. The van der Waals surface area contributed by atoms with Gasteiger partial charge < -0.3 is 10.2 Å². The van der Waals surface area contributed by atoms with E-state index in [-0.39, 0.29) is 4.84 Å². The molecule has 2 rings (SSSR count). The molecule has 1 aromatic heterocycles. The molecule has 0 atom stereocenters. The highest BCUT2D eigenvalue weighted by molar-refractivity contribution is 7.71. The van der Waals surface area contributed by atoms with E-state index in [4.69, 9.17) is 22.4 Å². The van der Waals surface area contributed by atoms with Crippen LogP contribution in [-0.4, -0.2) is 10.2 Å². The fraction of sp³-hybridized carbons (Fsp3) is 0. The van der Waals surface area contributed by atoms with Crippen LogP contribution in [-0.2, 0) is 0 Å². The molecule has 0 radical (unpaired) electrons. The molecule has 15 heavy (non-hydrogen) atoms. The Morgan fingerprint density at radius 2 is 2.13 bits per heavy atom. The topological polar surface area (TPSA) is 67.8 Å². The average Bonchev–Trinajstić information content (AvgIpc) is 2.66. The lowest BCUT2D eigenvalue weighted by Crippen LogP contribution is -1.96. The average molecular weight is 219 g/mol. The minimum Gasteiger partial charge on any atom is -0.408 e. The third kappa shape index (κ3) is 2.32. The molecular weight excluding hydrogens is 210 g/mol. The molecule has 0 saturated carbocycles. The van der Waals surface area contributed by atoms with Gasteiger partial charge in [-0.25, -0.2) is 5.10 Å². The summed E-state index contributed by atoms with van der Waals surface area (Å²) in [7, 11) is 0. The van der Waals surface area contributed by atoms with E-state index in [9.17, 15) is 0 Å². The van der Waals surface area contributed by atoms with Crippen LogP contribution in [0, 0.1) is 4.84 Å². The molecule has 5 heteroatoms. The fourth-order valence-electron chi connectivity index (χ4n) is 1.14. The van der Waals surface area contributed by atoms with Crippen LogP contribution < -0.4 is 5.73 Å². The largest absolute Gasteiger partial charge is 0.408 e. The van der Waals surface area contributed by atoms with Gasteiger partial charge in [-0.2, -0.15) is 0 Å². The SMILES string of the molecule is N/C(=C\c1ccccc1)c1n[nH]c(=S)o1. The van der Waals surface area contributed by atoms with Crippen molar-refractivity contribution in [2.24, 2.45) is 5.73 Å². The molecule has 1 heterocycles. The zero-order valence-electron chi connectivity index (χ0n) is 7.81. The van der Waals surface area contributed by atoms with Crippen molar-refractivity contribution in [2.45, 2.75) is 0 Å². The van der Waals surface area contributed by atoms with E-state index < -0.39 is 0 Å². The lowest BCUT2D eigenvalue weighted by atomic mass is 10.2. The Hall–Kier alpha value is -1.88. The molecule has 0 aliphatic heterocycles. The Labute approximate surface area is 91.4 Å². The van der Waals surface area contributed by atoms with E-state index in [1.165, 1.54) is 0 Å². The van der Waals surface area contributed by atoms with Crippen LogP contribution in [0.3, 0.4) is 0 Å². The molecule has 0 spiro atoms. The van der Waals surface area contributed by atoms with Crippen LogP contribution in [0.1, 0.15) is 11.5 Å². The molecule has 76 valence electrons. The number of benzene rings is 1. The van der Waals surface area contributed by atoms with Gasteiger partial charge in [0.2, 0.25) is 0 Å². The highest BCUT2D eigenvalue weighted by Gasteiger charge is 2.02. The number of H-pyrrole nitrogens is 1. The number of aromatic nitrogens is 2. The molecule has 0 fully saturated rings. The number of nitrogens with two attached hydrogens (primary N) is 1. The Balaban J connectivity index is 2.32. The summed E-state index contributed by atoms with van der Waals surface area (Å²) in [5.74, 6) is 0.309. The first-order chi connectivity index (χ1) is 7.25. The van der Waals surface area contributed by atoms with E-state index in [0.717, 1.165) is 5.56 Å². The second-order valence-electron chi connectivity index (χ2n) is 2.93. The zero-order valence-corrected chi connectivity index (χ0v) is 8.62. The van der Waals surface area contributed by atoms with Gasteiger partial charge in [-0.05, 0) is 23.9 Å². The summed E-state index contributed by atoms with van der Waals surface area (Å²) in [5.41, 5.74) is 7.20. The summed E-state index contributed by atoms with van der Waals surface area (Å²) in [4.78, 5) is 0.217. The maximum absolute atomic E-state index is 5.78. The van der Waals surface area contributed by atoms with Crippen LogP contribution >= 0.6 is 12.2 Å². The first kappa shape index (κ1) is 9.67. The first-order valence-electron chi connectivity index (χ1n) is 4.34. The van der Waals surface area contributed by atoms with Crippen LogP contribution in [0.25, 0.3) is 11.8 Å². The number of hydrogen-bond donors (Lipinski definition) is 2. The molecule has 4 nitrogen and oxygen atoms in total. The number of hydrogen-bond acceptors (Lipinski definition) is 4. The standard InChI is InChI=1S/C10H9N3OS/c11-8(9-12-13-10(15)14-9)6-7-4-2-1-3-5-7/h1-6H,11H2,(H,13,15)/b8-6-. The van der Waals surface area contributed by atoms with Crippen molar-refractivity contribution in [3.63, 3.8) is 0 Å². The minimum atomic E-state index is 0.217.